The number of alkyl halides is 1. The number of aromatic amines is 1. The highest BCUT2D eigenvalue weighted by Gasteiger charge is 2.32. The van der Waals surface area contributed by atoms with Crippen LogP contribution in [0.2, 0.25) is 0 Å². The van der Waals surface area contributed by atoms with Gasteiger partial charge in [0.15, 0.2) is 0 Å². The van der Waals surface area contributed by atoms with Gasteiger partial charge in [-0.3, -0.25) is 14.5 Å². The third-order valence-corrected chi connectivity index (χ3v) is 4.69. The van der Waals surface area contributed by atoms with Gasteiger partial charge < -0.3 is 5.32 Å². The van der Waals surface area contributed by atoms with Gasteiger partial charge in [-0.1, -0.05) is 6.07 Å². The number of halogens is 1. The fraction of sp³-hybridized carbons (Fsp3) is 0.400. The molecule has 0 bridgehead atoms. The summed E-state index contributed by atoms with van der Waals surface area (Å²) in [7, 11) is 0. The van der Waals surface area contributed by atoms with Crippen molar-refractivity contribution in [2.75, 3.05) is 13.1 Å². The number of likely N-dealkylation sites (tertiary alicyclic amines) is 1. The van der Waals surface area contributed by atoms with E-state index in [0.29, 0.717) is 26.1 Å². The molecule has 0 radical (unpaired) electrons. The van der Waals surface area contributed by atoms with Crippen LogP contribution in [0.25, 0.3) is 0 Å². The lowest BCUT2D eigenvalue weighted by Gasteiger charge is -2.23. The number of rotatable bonds is 5. The summed E-state index contributed by atoms with van der Waals surface area (Å²) in [6.07, 6.45) is -0.465. The molecule has 0 aromatic carbocycles. The van der Waals surface area contributed by atoms with E-state index in [1.807, 2.05) is 17.5 Å². The molecule has 1 fully saturated rings. The number of hydrogen-bond donors (Lipinski definition) is 2. The smallest absolute Gasteiger partial charge is 0.271 e. The molecular weight excluding hydrogens is 319 g/mol. The summed E-state index contributed by atoms with van der Waals surface area (Å²) < 4.78 is 13.7. The lowest BCUT2D eigenvalue weighted by molar-refractivity contribution is 0.0934. The first kappa shape index (κ1) is 15.8. The molecule has 8 heteroatoms. The zero-order chi connectivity index (χ0) is 16.2. The van der Waals surface area contributed by atoms with Crippen molar-refractivity contribution in [1.82, 2.24) is 20.4 Å². The first-order valence-corrected chi connectivity index (χ1v) is 8.24. The molecule has 0 unspecified atom stereocenters. The lowest BCUT2D eigenvalue weighted by atomic mass is 10.2. The van der Waals surface area contributed by atoms with Crippen LogP contribution in [0, 0.1) is 0 Å². The zero-order valence-electron chi connectivity index (χ0n) is 12.4. The Hall–Kier alpha value is -2.06. The summed E-state index contributed by atoms with van der Waals surface area (Å²) in [5, 5.41) is 10.7. The van der Waals surface area contributed by atoms with Gasteiger partial charge in [-0.15, -0.1) is 11.3 Å². The van der Waals surface area contributed by atoms with Crippen molar-refractivity contribution in [3.05, 3.63) is 50.6 Å². The van der Waals surface area contributed by atoms with Crippen LogP contribution in [0.5, 0.6) is 0 Å². The van der Waals surface area contributed by atoms with E-state index < -0.39 is 6.17 Å². The average Bonchev–Trinajstić information content (AvgIpc) is 3.16. The van der Waals surface area contributed by atoms with Crippen LogP contribution in [0.3, 0.4) is 0 Å². The standard InChI is InChI=1S/C15H17FN4O2S/c16-10-6-11(20(8-10)9-12-2-1-5-23-12)7-17-15(22)13-3-4-14(21)19-18-13/h1-5,10-11H,6-9H2,(H,17,22)(H,19,21)/t10-,11-/m0/s1. The highest BCUT2D eigenvalue weighted by atomic mass is 32.1. The van der Waals surface area contributed by atoms with Crippen LogP contribution in [0.4, 0.5) is 4.39 Å². The summed E-state index contributed by atoms with van der Waals surface area (Å²) in [5.41, 5.74) is -0.219. The Morgan fingerprint density at radius 3 is 3.04 bits per heavy atom. The third-order valence-electron chi connectivity index (χ3n) is 3.83. The van der Waals surface area contributed by atoms with E-state index in [9.17, 15) is 14.0 Å². The van der Waals surface area contributed by atoms with Crippen molar-refractivity contribution in [2.45, 2.75) is 25.2 Å². The van der Waals surface area contributed by atoms with Gasteiger partial charge in [-0.2, -0.15) is 5.10 Å². The van der Waals surface area contributed by atoms with E-state index >= 15 is 0 Å². The maximum atomic E-state index is 13.7. The largest absolute Gasteiger partial charge is 0.349 e. The van der Waals surface area contributed by atoms with Crippen molar-refractivity contribution < 1.29 is 9.18 Å². The maximum Gasteiger partial charge on any atom is 0.271 e. The first-order chi connectivity index (χ1) is 11.1. The van der Waals surface area contributed by atoms with E-state index in [1.165, 1.54) is 17.0 Å². The number of thiophene rings is 1. The minimum atomic E-state index is -0.872. The summed E-state index contributed by atoms with van der Waals surface area (Å²) in [6.45, 7) is 1.43. The molecule has 2 atom stereocenters. The highest BCUT2D eigenvalue weighted by Crippen LogP contribution is 2.23. The van der Waals surface area contributed by atoms with Gasteiger partial charge in [0.25, 0.3) is 11.5 Å². The number of nitrogens with one attached hydrogen (secondary N) is 2. The molecule has 23 heavy (non-hydrogen) atoms. The number of hydrogen-bond acceptors (Lipinski definition) is 5. The molecule has 0 saturated carbocycles. The Labute approximate surface area is 136 Å². The van der Waals surface area contributed by atoms with Gasteiger partial charge in [-0.05, 0) is 23.9 Å². The Bertz CT molecular complexity index is 698. The van der Waals surface area contributed by atoms with Crippen molar-refractivity contribution in [3.8, 4) is 0 Å². The molecule has 1 amide bonds. The van der Waals surface area contributed by atoms with Gasteiger partial charge in [-0.25, -0.2) is 9.49 Å². The van der Waals surface area contributed by atoms with Gasteiger partial charge in [0.2, 0.25) is 0 Å². The highest BCUT2D eigenvalue weighted by molar-refractivity contribution is 7.09. The van der Waals surface area contributed by atoms with E-state index in [1.54, 1.807) is 11.3 Å². The summed E-state index contributed by atoms with van der Waals surface area (Å²) >= 11 is 1.64. The predicted molar refractivity (Wildman–Crippen MR) is 85.2 cm³/mol. The minimum Gasteiger partial charge on any atom is -0.349 e. The molecule has 1 saturated heterocycles. The van der Waals surface area contributed by atoms with Crippen LogP contribution < -0.4 is 10.9 Å². The normalized spacial score (nSPS) is 21.4. The van der Waals surface area contributed by atoms with Crippen molar-refractivity contribution in [1.29, 1.82) is 0 Å². The Morgan fingerprint density at radius 1 is 1.48 bits per heavy atom. The van der Waals surface area contributed by atoms with Crippen LogP contribution in [0.15, 0.2) is 34.4 Å². The molecular formula is C15H17FN4O2S. The zero-order valence-corrected chi connectivity index (χ0v) is 13.2. The average molecular weight is 336 g/mol. The topological polar surface area (TPSA) is 78.1 Å². The summed E-state index contributed by atoms with van der Waals surface area (Å²) in [5.74, 6) is -0.375. The molecule has 2 aromatic rings. The Kier molecular flexibility index (Phi) is 4.82. The number of aromatic nitrogens is 2. The third kappa shape index (κ3) is 4.02. The molecule has 2 N–H and O–H groups in total. The van der Waals surface area contributed by atoms with Crippen LogP contribution in [-0.4, -0.2) is 46.3 Å². The fourth-order valence-corrected chi connectivity index (χ4v) is 3.43. The number of nitrogens with zero attached hydrogens (tertiary/aromatic N) is 2. The molecule has 1 aliphatic heterocycles. The molecule has 3 rings (SSSR count). The molecule has 2 aromatic heterocycles. The second kappa shape index (κ2) is 7.01. The summed E-state index contributed by atoms with van der Waals surface area (Å²) in [4.78, 5) is 26.2. The van der Waals surface area contributed by atoms with Gasteiger partial charge in [0, 0.05) is 36.6 Å². The number of carbonyl (C=O) groups excluding carboxylic acids is 1. The molecule has 0 aliphatic carbocycles. The van der Waals surface area contributed by atoms with Crippen LogP contribution in [-0.2, 0) is 6.54 Å². The predicted octanol–water partition coefficient (Wildman–Crippen LogP) is 1.17. The van der Waals surface area contributed by atoms with Gasteiger partial charge in [0.1, 0.15) is 11.9 Å². The molecule has 0 spiro atoms. The maximum absolute atomic E-state index is 13.7. The van der Waals surface area contributed by atoms with Gasteiger partial charge in [0.05, 0.1) is 0 Å². The van der Waals surface area contributed by atoms with Crippen LogP contribution >= 0.6 is 11.3 Å². The second-order valence-electron chi connectivity index (χ2n) is 5.51. The number of carbonyl (C=O) groups is 1. The number of amides is 1. The van der Waals surface area contributed by atoms with E-state index in [4.69, 9.17) is 0 Å². The molecule has 3 heterocycles. The lowest BCUT2D eigenvalue weighted by Crippen LogP contribution is -2.40. The minimum absolute atomic E-state index is 0.0428. The van der Waals surface area contributed by atoms with E-state index in [0.717, 1.165) is 0 Å². The van der Waals surface area contributed by atoms with E-state index in [2.05, 4.69) is 20.4 Å². The Morgan fingerprint density at radius 2 is 2.35 bits per heavy atom. The quantitative estimate of drug-likeness (QED) is 0.859. The molecule has 6 nitrogen and oxygen atoms in total. The first-order valence-electron chi connectivity index (χ1n) is 7.36. The number of H-pyrrole nitrogens is 1. The second-order valence-corrected chi connectivity index (χ2v) is 6.54. The van der Waals surface area contributed by atoms with Crippen molar-refractivity contribution >= 4 is 17.2 Å². The van der Waals surface area contributed by atoms with Crippen molar-refractivity contribution in [3.63, 3.8) is 0 Å². The van der Waals surface area contributed by atoms with Gasteiger partial charge >= 0.3 is 0 Å². The van der Waals surface area contributed by atoms with E-state index in [-0.39, 0.29) is 23.2 Å². The molecule has 122 valence electrons. The SMILES string of the molecule is O=C(NC[C@@H]1C[C@H](F)CN1Cc1cccs1)c1ccc(=O)[nH]n1. The molecule has 1 aliphatic rings. The fourth-order valence-electron chi connectivity index (χ4n) is 2.70. The van der Waals surface area contributed by atoms with Crippen LogP contribution in [0.1, 0.15) is 21.8 Å². The monoisotopic (exact) mass is 336 g/mol. The Balaban J connectivity index is 1.58. The van der Waals surface area contributed by atoms with Crippen molar-refractivity contribution in [2.24, 2.45) is 0 Å². The summed E-state index contributed by atoms with van der Waals surface area (Å²) in [6, 6.07) is 6.57.